The number of amides is 1. The molecule has 0 aliphatic carbocycles. The van der Waals surface area contributed by atoms with Gasteiger partial charge in [-0.25, -0.2) is 0 Å². The smallest absolute Gasteiger partial charge is 0.300 e. The van der Waals surface area contributed by atoms with Crippen LogP contribution in [0.4, 0.5) is 5.69 Å². The molecule has 1 amide bonds. The van der Waals surface area contributed by atoms with Gasteiger partial charge in [0.25, 0.3) is 11.7 Å². The minimum Gasteiger partial charge on any atom is -0.507 e. The van der Waals surface area contributed by atoms with Gasteiger partial charge in [-0.15, -0.1) is 0 Å². The summed E-state index contributed by atoms with van der Waals surface area (Å²) >= 11 is 0. The van der Waals surface area contributed by atoms with Crippen LogP contribution in [0.2, 0.25) is 0 Å². The fraction of sp³-hybridized carbons (Fsp3) is 0.207. The van der Waals surface area contributed by atoms with Crippen molar-refractivity contribution in [3.63, 3.8) is 0 Å². The molecule has 1 atom stereocenters. The van der Waals surface area contributed by atoms with Gasteiger partial charge >= 0.3 is 0 Å². The van der Waals surface area contributed by atoms with Gasteiger partial charge in [-0.3, -0.25) is 14.5 Å². The summed E-state index contributed by atoms with van der Waals surface area (Å²) < 4.78 is 16.6. The van der Waals surface area contributed by atoms with Crippen LogP contribution in [0.15, 0.2) is 72.3 Å². The van der Waals surface area contributed by atoms with E-state index in [9.17, 15) is 20.0 Å². The van der Waals surface area contributed by atoms with Crippen LogP contribution in [0.25, 0.3) is 5.76 Å². The summed E-state index contributed by atoms with van der Waals surface area (Å²) in [5.74, 6) is -0.770. The van der Waals surface area contributed by atoms with Crippen molar-refractivity contribution in [1.29, 1.82) is 5.26 Å². The zero-order valence-corrected chi connectivity index (χ0v) is 20.9. The monoisotopic (exact) mass is 498 g/mol. The van der Waals surface area contributed by atoms with E-state index in [-0.39, 0.29) is 17.2 Å². The molecule has 37 heavy (non-hydrogen) atoms. The SMILES string of the molecule is COc1ccc(OC)c(/C(O)=C2\C(=O)C(=O)N(c3ccc(C#N)cc3)C2c2cccc(OC(C)C)c2)c1. The molecule has 8 nitrogen and oxygen atoms in total. The first kappa shape index (κ1) is 25.3. The van der Waals surface area contributed by atoms with Gasteiger partial charge in [0.05, 0.1) is 49.1 Å². The van der Waals surface area contributed by atoms with Gasteiger partial charge in [0, 0.05) is 5.69 Å². The highest BCUT2D eigenvalue weighted by Gasteiger charge is 2.47. The van der Waals surface area contributed by atoms with Crippen molar-refractivity contribution in [2.75, 3.05) is 19.1 Å². The summed E-state index contributed by atoms with van der Waals surface area (Å²) in [4.78, 5) is 28.2. The van der Waals surface area contributed by atoms with E-state index in [1.165, 1.54) is 19.1 Å². The lowest BCUT2D eigenvalue weighted by Gasteiger charge is -2.26. The molecule has 1 aliphatic heterocycles. The van der Waals surface area contributed by atoms with Crippen molar-refractivity contribution in [3.05, 3.63) is 89.0 Å². The van der Waals surface area contributed by atoms with Gasteiger partial charge in [-0.2, -0.15) is 5.26 Å². The Balaban J connectivity index is 1.97. The Morgan fingerprint density at radius 3 is 2.32 bits per heavy atom. The Labute approximate surface area is 214 Å². The molecular formula is C29H26N2O6. The second-order valence-corrected chi connectivity index (χ2v) is 8.63. The average Bonchev–Trinajstić information content (AvgIpc) is 3.17. The summed E-state index contributed by atoms with van der Waals surface area (Å²) in [5, 5.41) is 20.7. The number of methoxy groups -OCH3 is 2. The van der Waals surface area contributed by atoms with Crippen molar-refractivity contribution < 1.29 is 28.9 Å². The van der Waals surface area contributed by atoms with E-state index in [0.29, 0.717) is 34.1 Å². The second-order valence-electron chi connectivity index (χ2n) is 8.63. The van der Waals surface area contributed by atoms with Gasteiger partial charge in [0.1, 0.15) is 23.0 Å². The van der Waals surface area contributed by atoms with Gasteiger partial charge in [-0.05, 0) is 74.0 Å². The molecule has 4 rings (SSSR count). The Hall–Kier alpha value is -4.77. The molecule has 0 spiro atoms. The average molecular weight is 499 g/mol. The fourth-order valence-corrected chi connectivity index (χ4v) is 4.29. The van der Waals surface area contributed by atoms with Crippen molar-refractivity contribution in [3.8, 4) is 23.3 Å². The summed E-state index contributed by atoms with van der Waals surface area (Å²) in [7, 11) is 2.92. The zero-order valence-electron chi connectivity index (χ0n) is 20.9. The zero-order chi connectivity index (χ0) is 26.7. The molecule has 0 aromatic heterocycles. The van der Waals surface area contributed by atoms with Crippen molar-refractivity contribution in [1.82, 2.24) is 0 Å². The highest BCUT2D eigenvalue weighted by Crippen LogP contribution is 2.44. The number of rotatable bonds is 7. The highest BCUT2D eigenvalue weighted by atomic mass is 16.5. The standard InChI is InChI=1S/C29H26N2O6/c1-17(2)37-22-7-5-6-19(14-22)26-25(27(32)23-15-21(35-3)12-13-24(23)36-4)28(33)29(34)31(26)20-10-8-18(16-30)9-11-20/h5-15,17,26,32H,1-4H3/b27-25+. The van der Waals surface area contributed by atoms with E-state index in [4.69, 9.17) is 14.2 Å². The lowest BCUT2D eigenvalue weighted by Crippen LogP contribution is -2.29. The maximum absolute atomic E-state index is 13.5. The second kappa shape index (κ2) is 10.5. The number of nitrogens with zero attached hydrogens (tertiary/aromatic N) is 2. The third kappa shape index (κ3) is 4.84. The third-order valence-electron chi connectivity index (χ3n) is 5.93. The van der Waals surface area contributed by atoms with E-state index in [0.717, 1.165) is 0 Å². The first-order chi connectivity index (χ1) is 17.8. The number of carbonyl (C=O) groups excluding carboxylic acids is 2. The number of hydrogen-bond donors (Lipinski definition) is 1. The lowest BCUT2D eigenvalue weighted by atomic mass is 9.94. The summed E-state index contributed by atoms with van der Waals surface area (Å²) in [6.45, 7) is 3.79. The molecule has 0 bridgehead atoms. The molecule has 3 aromatic carbocycles. The number of nitriles is 1. The molecule has 1 aliphatic rings. The van der Waals surface area contributed by atoms with Crippen molar-refractivity contribution in [2.45, 2.75) is 26.0 Å². The molecule has 0 radical (unpaired) electrons. The molecule has 1 unspecified atom stereocenters. The predicted octanol–water partition coefficient (Wildman–Crippen LogP) is 4.99. The molecule has 188 valence electrons. The highest BCUT2D eigenvalue weighted by molar-refractivity contribution is 6.51. The molecular weight excluding hydrogens is 472 g/mol. The quantitative estimate of drug-likeness (QED) is 0.278. The predicted molar refractivity (Wildman–Crippen MR) is 138 cm³/mol. The number of aliphatic hydroxyl groups is 1. The minimum absolute atomic E-state index is 0.0961. The Kier molecular flexibility index (Phi) is 7.16. The first-order valence-corrected chi connectivity index (χ1v) is 11.6. The number of aliphatic hydroxyl groups excluding tert-OH is 1. The number of benzene rings is 3. The van der Waals surface area contributed by atoms with Crippen LogP contribution >= 0.6 is 0 Å². The van der Waals surface area contributed by atoms with Crippen LogP contribution in [-0.2, 0) is 9.59 Å². The van der Waals surface area contributed by atoms with E-state index in [1.54, 1.807) is 66.7 Å². The molecule has 8 heteroatoms. The van der Waals surface area contributed by atoms with E-state index in [2.05, 4.69) is 0 Å². The molecule has 1 heterocycles. The number of ether oxygens (including phenoxy) is 3. The Morgan fingerprint density at radius 1 is 0.973 bits per heavy atom. The first-order valence-electron chi connectivity index (χ1n) is 11.6. The number of carbonyl (C=O) groups is 2. The molecule has 0 saturated carbocycles. The van der Waals surface area contributed by atoms with E-state index < -0.39 is 23.5 Å². The van der Waals surface area contributed by atoms with Crippen LogP contribution in [-0.4, -0.2) is 37.1 Å². The van der Waals surface area contributed by atoms with Crippen molar-refractivity contribution >= 4 is 23.1 Å². The number of Topliss-reactive ketones (excluding diaryl/α,β-unsaturated/α-hetero) is 1. The summed E-state index contributed by atoms with van der Waals surface area (Å²) in [6.07, 6.45) is -0.0961. The fourth-order valence-electron chi connectivity index (χ4n) is 4.29. The van der Waals surface area contributed by atoms with E-state index in [1.807, 2.05) is 19.9 Å². The van der Waals surface area contributed by atoms with Crippen molar-refractivity contribution in [2.24, 2.45) is 0 Å². The molecule has 1 fully saturated rings. The van der Waals surface area contributed by atoms with Crippen LogP contribution in [0.1, 0.15) is 36.6 Å². The van der Waals surface area contributed by atoms with Gasteiger partial charge < -0.3 is 19.3 Å². The summed E-state index contributed by atoms with van der Waals surface area (Å²) in [6, 6.07) is 19.2. The van der Waals surface area contributed by atoms with Gasteiger partial charge in [0.2, 0.25) is 0 Å². The van der Waals surface area contributed by atoms with Gasteiger partial charge in [-0.1, -0.05) is 12.1 Å². The normalized spacial score (nSPS) is 16.5. The molecule has 3 aromatic rings. The maximum Gasteiger partial charge on any atom is 0.300 e. The maximum atomic E-state index is 13.5. The molecule has 1 N–H and O–H groups in total. The number of hydrogen-bond acceptors (Lipinski definition) is 7. The minimum atomic E-state index is -0.973. The van der Waals surface area contributed by atoms with E-state index >= 15 is 0 Å². The third-order valence-corrected chi connectivity index (χ3v) is 5.93. The summed E-state index contributed by atoms with van der Waals surface area (Å²) in [5.41, 5.74) is 1.47. The van der Waals surface area contributed by atoms with Crippen LogP contribution in [0.3, 0.4) is 0 Å². The topological polar surface area (TPSA) is 109 Å². The largest absolute Gasteiger partial charge is 0.507 e. The molecule has 1 saturated heterocycles. The lowest BCUT2D eigenvalue weighted by molar-refractivity contribution is -0.132. The van der Waals surface area contributed by atoms with Crippen LogP contribution < -0.4 is 19.1 Å². The van der Waals surface area contributed by atoms with Gasteiger partial charge in [0.15, 0.2) is 0 Å². The Morgan fingerprint density at radius 2 is 1.70 bits per heavy atom. The Bertz CT molecular complexity index is 1420. The number of anilines is 1. The van der Waals surface area contributed by atoms with Crippen LogP contribution in [0, 0.1) is 11.3 Å². The number of ketones is 1. The van der Waals surface area contributed by atoms with Crippen LogP contribution in [0.5, 0.6) is 17.2 Å².